The van der Waals surface area contributed by atoms with Crippen molar-refractivity contribution < 1.29 is 9.53 Å². The Hall–Kier alpha value is -2.03. The molecule has 1 amide bonds. The maximum Gasteiger partial charge on any atom is 0.271 e. The van der Waals surface area contributed by atoms with Gasteiger partial charge in [-0.25, -0.2) is 5.10 Å². The molecule has 8 heteroatoms. The van der Waals surface area contributed by atoms with Crippen molar-refractivity contribution in [3.8, 4) is 0 Å². The van der Waals surface area contributed by atoms with Gasteiger partial charge >= 0.3 is 0 Å². The number of aromatic nitrogens is 2. The number of ether oxygens (including phenoxy) is 1. The van der Waals surface area contributed by atoms with E-state index in [2.05, 4.69) is 33.4 Å². The molecule has 0 radical (unpaired) electrons. The summed E-state index contributed by atoms with van der Waals surface area (Å²) in [5, 5.41) is 9.13. The molecule has 1 saturated heterocycles. The Labute approximate surface area is 186 Å². The Morgan fingerprint density at radius 3 is 2.87 bits per heavy atom. The summed E-state index contributed by atoms with van der Waals surface area (Å²) in [6, 6.07) is 5.39. The number of thiophene rings is 1. The number of likely N-dealkylation sites (tertiary alicyclic amines) is 1. The highest BCUT2D eigenvalue weighted by Crippen LogP contribution is 2.45. The van der Waals surface area contributed by atoms with Crippen molar-refractivity contribution in [1.82, 2.24) is 20.4 Å². The van der Waals surface area contributed by atoms with Crippen molar-refractivity contribution in [3.63, 3.8) is 0 Å². The molecule has 0 atom stereocenters. The number of rotatable bonds is 5. The molecule has 2 fully saturated rings. The molecule has 2 aromatic heterocycles. The van der Waals surface area contributed by atoms with Crippen LogP contribution >= 0.6 is 11.3 Å². The molecule has 0 unspecified atom stereocenters. The lowest BCUT2D eigenvalue weighted by Gasteiger charge is -2.46. The van der Waals surface area contributed by atoms with Gasteiger partial charge < -0.3 is 15.0 Å². The van der Waals surface area contributed by atoms with E-state index >= 15 is 0 Å². The van der Waals surface area contributed by atoms with Crippen LogP contribution in [0.15, 0.2) is 23.0 Å². The second-order valence-electron chi connectivity index (χ2n) is 9.11. The first-order valence-electron chi connectivity index (χ1n) is 11.4. The van der Waals surface area contributed by atoms with Gasteiger partial charge in [-0.2, -0.15) is 5.10 Å². The van der Waals surface area contributed by atoms with Gasteiger partial charge in [-0.1, -0.05) is 6.92 Å². The highest BCUT2D eigenvalue weighted by Gasteiger charge is 2.42. The van der Waals surface area contributed by atoms with Crippen molar-refractivity contribution >= 4 is 17.2 Å². The van der Waals surface area contributed by atoms with Crippen LogP contribution in [0, 0.1) is 5.92 Å². The van der Waals surface area contributed by atoms with Crippen molar-refractivity contribution in [2.24, 2.45) is 5.92 Å². The molecule has 1 spiro atoms. The largest absolute Gasteiger partial charge is 0.370 e. The Kier molecular flexibility index (Phi) is 5.71. The number of fused-ring (bicyclic) bond motifs is 2. The van der Waals surface area contributed by atoms with Gasteiger partial charge in [0.1, 0.15) is 5.69 Å². The predicted octanol–water partition coefficient (Wildman–Crippen LogP) is 2.47. The summed E-state index contributed by atoms with van der Waals surface area (Å²) in [5.41, 5.74) is 1.37. The summed E-state index contributed by atoms with van der Waals surface area (Å²) in [6.45, 7) is 6.33. The van der Waals surface area contributed by atoms with Crippen molar-refractivity contribution in [3.05, 3.63) is 49.6 Å². The average Bonchev–Trinajstić information content (AvgIpc) is 3.19. The topological polar surface area (TPSA) is 87.3 Å². The minimum atomic E-state index is -0.303. The maximum absolute atomic E-state index is 12.2. The van der Waals surface area contributed by atoms with Gasteiger partial charge in [-0.3, -0.25) is 9.59 Å². The van der Waals surface area contributed by atoms with Crippen LogP contribution in [0.3, 0.4) is 0 Å². The van der Waals surface area contributed by atoms with Gasteiger partial charge in [0, 0.05) is 47.9 Å². The predicted molar refractivity (Wildman–Crippen MR) is 120 cm³/mol. The Morgan fingerprint density at radius 2 is 2.16 bits per heavy atom. The second kappa shape index (κ2) is 8.48. The number of hydrogen-bond donors (Lipinski definition) is 2. The summed E-state index contributed by atoms with van der Waals surface area (Å²) >= 11 is 1.98. The zero-order valence-corrected chi connectivity index (χ0v) is 18.8. The molecule has 7 nitrogen and oxygen atoms in total. The molecule has 2 N–H and O–H groups in total. The molecular weight excluding hydrogens is 412 g/mol. The minimum absolute atomic E-state index is 0.0617. The summed E-state index contributed by atoms with van der Waals surface area (Å²) < 4.78 is 6.40. The Bertz CT molecular complexity index is 982. The smallest absolute Gasteiger partial charge is 0.271 e. The number of H-pyrrole nitrogens is 1. The molecule has 2 aromatic rings. The molecule has 3 aliphatic rings. The summed E-state index contributed by atoms with van der Waals surface area (Å²) in [7, 11) is 0. The molecule has 31 heavy (non-hydrogen) atoms. The standard InChI is InChI=1S/C23H30N4O3S/c1-2-17-13-18-20(31-17)5-10-30-23(18)6-8-27(9-7-23)14-15-11-16(12-15)24-22(29)19-3-4-21(28)26-25-19/h3-4,13,15-16H,2,5-12,14H2,1H3,(H,24,29)(H,26,28). The maximum atomic E-state index is 12.2. The first kappa shape index (κ1) is 20.8. The number of nitrogens with one attached hydrogen (secondary N) is 2. The normalized spacial score (nSPS) is 25.1. The van der Waals surface area contributed by atoms with Crippen LogP contribution in [-0.4, -0.2) is 53.3 Å². The van der Waals surface area contributed by atoms with Crippen LogP contribution in [0.4, 0.5) is 0 Å². The van der Waals surface area contributed by atoms with Crippen LogP contribution in [0.2, 0.25) is 0 Å². The van der Waals surface area contributed by atoms with E-state index in [1.165, 1.54) is 22.6 Å². The summed E-state index contributed by atoms with van der Waals surface area (Å²) in [6.07, 6.45) is 6.33. The first-order valence-corrected chi connectivity index (χ1v) is 12.2. The van der Waals surface area contributed by atoms with Gasteiger partial charge in [0.25, 0.3) is 11.5 Å². The average molecular weight is 443 g/mol. The van der Waals surface area contributed by atoms with Crippen molar-refractivity contribution in [2.45, 2.75) is 57.1 Å². The molecule has 5 rings (SSSR count). The van der Waals surface area contributed by atoms with E-state index in [1.54, 1.807) is 4.88 Å². The lowest BCUT2D eigenvalue weighted by Crippen LogP contribution is -2.51. The lowest BCUT2D eigenvalue weighted by molar-refractivity contribution is -0.0995. The number of piperidine rings is 1. The van der Waals surface area contributed by atoms with E-state index in [0.717, 1.165) is 64.8 Å². The van der Waals surface area contributed by atoms with E-state index in [9.17, 15) is 9.59 Å². The van der Waals surface area contributed by atoms with Gasteiger partial charge in [0.2, 0.25) is 0 Å². The fourth-order valence-electron chi connectivity index (χ4n) is 5.26. The van der Waals surface area contributed by atoms with Gasteiger partial charge in [-0.15, -0.1) is 11.3 Å². The minimum Gasteiger partial charge on any atom is -0.370 e. The molecule has 0 aromatic carbocycles. The third-order valence-corrected chi connectivity index (χ3v) is 8.41. The number of aromatic amines is 1. The number of amides is 1. The van der Waals surface area contributed by atoms with Gasteiger partial charge in [0.05, 0.1) is 12.2 Å². The number of carbonyl (C=O) groups is 1. The molecule has 0 bridgehead atoms. The van der Waals surface area contributed by atoms with Crippen LogP contribution in [0.1, 0.15) is 58.4 Å². The van der Waals surface area contributed by atoms with E-state index in [-0.39, 0.29) is 28.8 Å². The number of aryl methyl sites for hydroxylation is 1. The highest BCUT2D eigenvalue weighted by atomic mass is 32.1. The Morgan fingerprint density at radius 1 is 1.35 bits per heavy atom. The zero-order chi connectivity index (χ0) is 21.4. The highest BCUT2D eigenvalue weighted by molar-refractivity contribution is 7.12. The van der Waals surface area contributed by atoms with Crippen LogP contribution in [0.5, 0.6) is 0 Å². The molecule has 4 heterocycles. The molecular formula is C23H30N4O3S. The number of carbonyl (C=O) groups excluding carboxylic acids is 1. The van der Waals surface area contributed by atoms with Gasteiger partial charge in [0.15, 0.2) is 0 Å². The van der Waals surface area contributed by atoms with Crippen LogP contribution in [0.25, 0.3) is 0 Å². The monoisotopic (exact) mass is 442 g/mol. The van der Waals surface area contributed by atoms with Crippen molar-refractivity contribution in [2.75, 3.05) is 26.2 Å². The lowest BCUT2D eigenvalue weighted by atomic mass is 9.78. The fourth-order valence-corrected chi connectivity index (χ4v) is 6.43. The number of hydrogen-bond acceptors (Lipinski definition) is 6. The van der Waals surface area contributed by atoms with Crippen LogP contribution in [-0.2, 0) is 23.2 Å². The number of nitrogens with zero attached hydrogens (tertiary/aromatic N) is 2. The quantitative estimate of drug-likeness (QED) is 0.743. The summed E-state index contributed by atoms with van der Waals surface area (Å²) in [4.78, 5) is 28.9. The molecule has 1 aliphatic carbocycles. The Balaban J connectivity index is 1.10. The van der Waals surface area contributed by atoms with E-state index in [1.807, 2.05) is 11.3 Å². The fraction of sp³-hybridized carbons (Fsp3) is 0.609. The third-order valence-electron chi connectivity index (χ3n) is 7.07. The van der Waals surface area contributed by atoms with E-state index in [0.29, 0.717) is 5.92 Å². The zero-order valence-electron chi connectivity index (χ0n) is 18.0. The van der Waals surface area contributed by atoms with E-state index < -0.39 is 0 Å². The van der Waals surface area contributed by atoms with Crippen molar-refractivity contribution in [1.29, 1.82) is 0 Å². The third kappa shape index (κ3) is 4.21. The summed E-state index contributed by atoms with van der Waals surface area (Å²) in [5.74, 6) is 0.408. The molecule has 1 saturated carbocycles. The van der Waals surface area contributed by atoms with E-state index in [4.69, 9.17) is 4.74 Å². The van der Waals surface area contributed by atoms with Gasteiger partial charge in [-0.05, 0) is 55.7 Å². The first-order chi connectivity index (χ1) is 15.0. The van der Waals surface area contributed by atoms with Crippen LogP contribution < -0.4 is 10.9 Å². The molecule has 2 aliphatic heterocycles. The SMILES string of the molecule is CCc1cc2c(s1)CCOC21CCN(CC2CC(NC(=O)c3ccc(=O)[nH]n3)C2)CC1. The molecule has 166 valence electrons. The second-order valence-corrected chi connectivity index (χ2v) is 10.3.